The Bertz CT molecular complexity index is 1040. The van der Waals surface area contributed by atoms with Gasteiger partial charge in [0.15, 0.2) is 17.7 Å². The Balaban J connectivity index is 1.40. The van der Waals surface area contributed by atoms with E-state index in [0.717, 1.165) is 43.1 Å². The molecule has 2 amide bonds. The van der Waals surface area contributed by atoms with Crippen molar-refractivity contribution in [3.05, 3.63) is 47.0 Å². The Morgan fingerprint density at radius 2 is 2.03 bits per heavy atom. The van der Waals surface area contributed by atoms with Gasteiger partial charge in [-0.15, -0.1) is 0 Å². The molecule has 2 aliphatic rings. The molecule has 1 saturated heterocycles. The SMILES string of the molecule is CC[C@H]1Oc2c(F)cc(CN3CCN(c4ccc(C(=O)NC)nc4C)CC3)cc2NC1=O. The van der Waals surface area contributed by atoms with Crippen LogP contribution in [0, 0.1) is 12.7 Å². The molecule has 1 aromatic carbocycles. The number of carbonyl (C=O) groups is 2. The molecule has 9 heteroatoms. The smallest absolute Gasteiger partial charge is 0.269 e. The molecule has 1 atom stereocenters. The average Bonchev–Trinajstić information content (AvgIpc) is 2.78. The van der Waals surface area contributed by atoms with E-state index in [1.165, 1.54) is 6.07 Å². The quantitative estimate of drug-likeness (QED) is 0.741. The van der Waals surface area contributed by atoms with Gasteiger partial charge in [-0.3, -0.25) is 14.5 Å². The van der Waals surface area contributed by atoms with Crippen LogP contribution in [-0.2, 0) is 11.3 Å². The van der Waals surface area contributed by atoms with E-state index < -0.39 is 11.9 Å². The van der Waals surface area contributed by atoms with Gasteiger partial charge in [0.1, 0.15) is 5.69 Å². The van der Waals surface area contributed by atoms with Crippen molar-refractivity contribution in [1.82, 2.24) is 15.2 Å². The number of piperazine rings is 1. The van der Waals surface area contributed by atoms with Crippen molar-refractivity contribution in [1.29, 1.82) is 0 Å². The lowest BCUT2D eigenvalue weighted by Gasteiger charge is -2.36. The summed E-state index contributed by atoms with van der Waals surface area (Å²) in [5.41, 5.74) is 3.43. The van der Waals surface area contributed by atoms with Gasteiger partial charge in [-0.25, -0.2) is 9.37 Å². The van der Waals surface area contributed by atoms with Gasteiger partial charge in [0, 0.05) is 39.8 Å². The minimum atomic E-state index is -0.653. The number of benzene rings is 1. The van der Waals surface area contributed by atoms with Crippen molar-refractivity contribution in [2.45, 2.75) is 32.9 Å². The van der Waals surface area contributed by atoms with Crippen LogP contribution >= 0.6 is 0 Å². The highest BCUT2D eigenvalue weighted by Gasteiger charge is 2.29. The number of fused-ring (bicyclic) bond motifs is 1. The third kappa shape index (κ3) is 4.38. The lowest BCUT2D eigenvalue weighted by Crippen LogP contribution is -2.46. The molecule has 1 fully saturated rings. The van der Waals surface area contributed by atoms with E-state index in [2.05, 4.69) is 25.4 Å². The number of hydrogen-bond acceptors (Lipinski definition) is 6. The molecule has 1 aromatic heterocycles. The zero-order valence-corrected chi connectivity index (χ0v) is 18.6. The van der Waals surface area contributed by atoms with Crippen molar-refractivity contribution < 1.29 is 18.7 Å². The average molecular weight is 442 g/mol. The van der Waals surface area contributed by atoms with E-state index >= 15 is 0 Å². The fraction of sp³-hybridized carbons (Fsp3) is 0.435. The first-order valence-electron chi connectivity index (χ1n) is 10.9. The van der Waals surface area contributed by atoms with Crippen LogP contribution < -0.4 is 20.3 Å². The zero-order valence-electron chi connectivity index (χ0n) is 18.6. The number of ether oxygens (including phenoxy) is 1. The lowest BCUT2D eigenvalue weighted by atomic mass is 10.1. The monoisotopic (exact) mass is 441 g/mol. The van der Waals surface area contributed by atoms with Gasteiger partial charge in [0.05, 0.1) is 17.1 Å². The number of nitrogens with one attached hydrogen (secondary N) is 2. The van der Waals surface area contributed by atoms with Gasteiger partial charge in [0.25, 0.3) is 11.8 Å². The van der Waals surface area contributed by atoms with Crippen LogP contribution in [0.25, 0.3) is 0 Å². The number of hydrogen-bond donors (Lipinski definition) is 2. The molecule has 0 spiro atoms. The van der Waals surface area contributed by atoms with Gasteiger partial charge in [-0.2, -0.15) is 0 Å². The van der Waals surface area contributed by atoms with Crippen molar-refractivity contribution in [3.8, 4) is 5.75 Å². The molecule has 4 rings (SSSR count). The molecule has 8 nitrogen and oxygen atoms in total. The summed E-state index contributed by atoms with van der Waals surface area (Å²) in [7, 11) is 1.59. The summed E-state index contributed by atoms with van der Waals surface area (Å²) in [6.45, 7) is 7.52. The standard InChI is InChI=1S/C23H28FN5O3/c1-4-20-23(31)27-18-12-15(11-16(24)21(18)32-20)13-28-7-9-29(10-8-28)19-6-5-17(22(30)25-3)26-14(19)2/h5-6,11-12,20H,4,7-10,13H2,1-3H3,(H,25,30)(H,27,31)/t20-/m1/s1. The number of aryl methyl sites for hydroxylation is 1. The summed E-state index contributed by atoms with van der Waals surface area (Å²) in [6.07, 6.45) is -0.167. The maximum atomic E-state index is 14.6. The normalized spacial score (nSPS) is 18.6. The molecule has 0 unspecified atom stereocenters. The second-order valence-corrected chi connectivity index (χ2v) is 8.10. The highest BCUT2D eigenvalue weighted by atomic mass is 19.1. The number of aromatic nitrogens is 1. The van der Waals surface area contributed by atoms with Crippen molar-refractivity contribution in [2.24, 2.45) is 0 Å². The fourth-order valence-electron chi connectivity index (χ4n) is 4.18. The number of halogens is 1. The predicted molar refractivity (Wildman–Crippen MR) is 120 cm³/mol. The van der Waals surface area contributed by atoms with Crippen molar-refractivity contribution in [2.75, 3.05) is 43.4 Å². The van der Waals surface area contributed by atoms with Crippen LogP contribution in [0.3, 0.4) is 0 Å². The van der Waals surface area contributed by atoms with Crippen LogP contribution in [0.2, 0.25) is 0 Å². The highest BCUT2D eigenvalue weighted by molar-refractivity contribution is 5.97. The van der Waals surface area contributed by atoms with Gasteiger partial charge in [0.2, 0.25) is 0 Å². The van der Waals surface area contributed by atoms with Gasteiger partial charge in [-0.1, -0.05) is 6.92 Å². The molecule has 2 aliphatic heterocycles. The van der Waals surface area contributed by atoms with Gasteiger partial charge < -0.3 is 20.3 Å². The summed E-state index contributed by atoms with van der Waals surface area (Å²) < 4.78 is 20.2. The number of amides is 2. The molecule has 32 heavy (non-hydrogen) atoms. The number of nitrogens with zero attached hydrogens (tertiary/aromatic N) is 3. The predicted octanol–water partition coefficient (Wildman–Crippen LogP) is 2.32. The second-order valence-electron chi connectivity index (χ2n) is 8.10. The van der Waals surface area contributed by atoms with Crippen LogP contribution in [-0.4, -0.2) is 61.0 Å². The summed E-state index contributed by atoms with van der Waals surface area (Å²) in [5.74, 6) is -0.772. The van der Waals surface area contributed by atoms with Gasteiger partial charge in [-0.05, 0) is 43.2 Å². The molecule has 170 valence electrons. The minimum Gasteiger partial charge on any atom is -0.475 e. The van der Waals surface area contributed by atoms with Gasteiger partial charge >= 0.3 is 0 Å². The molecule has 3 heterocycles. The Hall–Kier alpha value is -3.20. The third-order valence-electron chi connectivity index (χ3n) is 5.92. The van der Waals surface area contributed by atoms with E-state index in [1.807, 2.05) is 19.9 Å². The zero-order chi connectivity index (χ0) is 22.8. The molecular formula is C23H28FN5O3. The maximum Gasteiger partial charge on any atom is 0.269 e. The number of rotatable bonds is 5. The number of anilines is 2. The van der Waals surface area contributed by atoms with Crippen LogP contribution in [0.5, 0.6) is 5.75 Å². The molecule has 2 N–H and O–H groups in total. The Kier molecular flexibility index (Phi) is 6.27. The van der Waals surface area contributed by atoms with E-state index in [4.69, 9.17) is 4.74 Å². The molecule has 2 aromatic rings. The largest absolute Gasteiger partial charge is 0.475 e. The molecular weight excluding hydrogens is 413 g/mol. The molecule has 0 bridgehead atoms. The third-order valence-corrected chi connectivity index (χ3v) is 5.92. The topological polar surface area (TPSA) is 86.8 Å². The number of carbonyl (C=O) groups excluding carboxylic acids is 2. The number of pyridine rings is 1. The molecule has 0 aliphatic carbocycles. The second kappa shape index (κ2) is 9.12. The Morgan fingerprint density at radius 1 is 1.28 bits per heavy atom. The summed E-state index contributed by atoms with van der Waals surface area (Å²) in [5, 5.41) is 5.35. The van der Waals surface area contributed by atoms with E-state index in [1.54, 1.807) is 19.2 Å². The maximum absolute atomic E-state index is 14.6. The van der Waals surface area contributed by atoms with E-state index in [-0.39, 0.29) is 17.6 Å². The van der Waals surface area contributed by atoms with E-state index in [9.17, 15) is 14.0 Å². The molecule has 0 saturated carbocycles. The summed E-state index contributed by atoms with van der Waals surface area (Å²) in [6, 6.07) is 6.96. The Labute approximate surface area is 186 Å². The van der Waals surface area contributed by atoms with Crippen LogP contribution in [0.15, 0.2) is 24.3 Å². The summed E-state index contributed by atoms with van der Waals surface area (Å²) >= 11 is 0. The summed E-state index contributed by atoms with van der Waals surface area (Å²) in [4.78, 5) is 32.8. The fourth-order valence-corrected chi connectivity index (χ4v) is 4.18. The first-order valence-corrected chi connectivity index (χ1v) is 10.9. The minimum absolute atomic E-state index is 0.119. The highest BCUT2D eigenvalue weighted by Crippen LogP contribution is 2.34. The van der Waals surface area contributed by atoms with Crippen molar-refractivity contribution in [3.63, 3.8) is 0 Å². The Morgan fingerprint density at radius 3 is 2.69 bits per heavy atom. The van der Waals surface area contributed by atoms with Crippen LogP contribution in [0.1, 0.15) is 35.1 Å². The molecule has 0 radical (unpaired) electrons. The first kappa shape index (κ1) is 22.0. The van der Waals surface area contributed by atoms with E-state index in [0.29, 0.717) is 24.3 Å². The first-order chi connectivity index (χ1) is 15.4. The lowest BCUT2D eigenvalue weighted by molar-refractivity contribution is -0.123. The van der Waals surface area contributed by atoms with Crippen LogP contribution in [0.4, 0.5) is 15.8 Å². The van der Waals surface area contributed by atoms with Crippen molar-refractivity contribution >= 4 is 23.2 Å².